The molecule has 0 spiro atoms. The highest BCUT2D eigenvalue weighted by Crippen LogP contribution is 2.39. The lowest BCUT2D eigenvalue weighted by atomic mass is 10.1. The van der Waals surface area contributed by atoms with E-state index >= 15 is 0 Å². The second-order valence-corrected chi connectivity index (χ2v) is 7.94. The van der Waals surface area contributed by atoms with Crippen LogP contribution in [0.3, 0.4) is 0 Å². The van der Waals surface area contributed by atoms with Crippen LogP contribution in [0.25, 0.3) is 0 Å². The number of morpholine rings is 1. The quantitative estimate of drug-likeness (QED) is 0.929. The van der Waals surface area contributed by atoms with Crippen molar-refractivity contribution < 1.29 is 4.74 Å². The largest absolute Gasteiger partial charge is 0.374 e. The Morgan fingerprint density at radius 3 is 3.35 bits per heavy atom. The van der Waals surface area contributed by atoms with Gasteiger partial charge in [0.05, 0.1) is 17.0 Å². The monoisotopic (exact) mass is 312 g/mol. The molecular formula is C15H21ClN2OS. The van der Waals surface area contributed by atoms with Crippen LogP contribution in [0.4, 0.5) is 0 Å². The summed E-state index contributed by atoms with van der Waals surface area (Å²) in [7, 11) is 0. The first-order chi connectivity index (χ1) is 9.79. The van der Waals surface area contributed by atoms with E-state index in [9.17, 15) is 0 Å². The Morgan fingerprint density at radius 2 is 2.40 bits per heavy atom. The summed E-state index contributed by atoms with van der Waals surface area (Å²) in [6.07, 6.45) is 5.39. The minimum absolute atomic E-state index is 0.350. The van der Waals surface area contributed by atoms with Crippen molar-refractivity contribution in [1.29, 1.82) is 0 Å². The maximum absolute atomic E-state index is 6.11. The highest BCUT2D eigenvalue weighted by molar-refractivity contribution is 7.16. The van der Waals surface area contributed by atoms with E-state index in [1.165, 1.54) is 42.7 Å². The molecule has 110 valence electrons. The maximum atomic E-state index is 6.11. The number of hydrogen-bond donors (Lipinski definition) is 1. The first-order valence-electron chi connectivity index (χ1n) is 7.67. The Balaban J connectivity index is 1.33. The Bertz CT molecular complexity index is 492. The first kappa shape index (κ1) is 13.5. The first-order valence-corrected chi connectivity index (χ1v) is 8.86. The number of rotatable bonds is 3. The van der Waals surface area contributed by atoms with Crippen molar-refractivity contribution >= 4 is 22.9 Å². The summed E-state index contributed by atoms with van der Waals surface area (Å²) in [5, 5.41) is 3.70. The molecule has 20 heavy (non-hydrogen) atoms. The molecule has 0 saturated carbocycles. The average Bonchev–Trinajstić information content (AvgIpc) is 3.11. The normalized spacial score (nSPS) is 33.4. The number of hydrogen-bond acceptors (Lipinski definition) is 4. The third-order valence-corrected chi connectivity index (χ3v) is 6.24. The van der Waals surface area contributed by atoms with Gasteiger partial charge < -0.3 is 10.1 Å². The van der Waals surface area contributed by atoms with E-state index in [1.807, 2.05) is 0 Å². The van der Waals surface area contributed by atoms with Crippen molar-refractivity contribution in [3.05, 3.63) is 20.8 Å². The summed E-state index contributed by atoms with van der Waals surface area (Å²) in [6.45, 7) is 4.24. The van der Waals surface area contributed by atoms with Gasteiger partial charge in [0.2, 0.25) is 0 Å². The third kappa shape index (κ3) is 2.53. The van der Waals surface area contributed by atoms with E-state index in [4.69, 9.17) is 16.3 Å². The van der Waals surface area contributed by atoms with E-state index in [-0.39, 0.29) is 0 Å². The van der Waals surface area contributed by atoms with Gasteiger partial charge in [-0.2, -0.15) is 0 Å². The van der Waals surface area contributed by atoms with Crippen molar-refractivity contribution in [2.24, 2.45) is 0 Å². The minimum atomic E-state index is 0.350. The fourth-order valence-electron chi connectivity index (χ4n) is 3.82. The molecule has 3 aliphatic rings. The molecular weight excluding hydrogens is 292 g/mol. The number of fused-ring (bicyclic) bond motifs is 2. The van der Waals surface area contributed by atoms with Crippen LogP contribution in [0.5, 0.6) is 0 Å². The van der Waals surface area contributed by atoms with E-state index in [2.05, 4.69) is 16.3 Å². The van der Waals surface area contributed by atoms with Gasteiger partial charge in [-0.3, -0.25) is 4.90 Å². The smallest absolute Gasteiger partial charge is 0.0934 e. The number of nitrogens with one attached hydrogen (secondary N) is 1. The molecule has 1 aromatic heterocycles. The summed E-state index contributed by atoms with van der Waals surface area (Å²) in [5.74, 6) is 0. The summed E-state index contributed by atoms with van der Waals surface area (Å²) >= 11 is 7.85. The zero-order valence-electron chi connectivity index (χ0n) is 11.6. The second-order valence-electron chi connectivity index (χ2n) is 6.17. The highest BCUT2D eigenvalue weighted by atomic mass is 35.5. The molecule has 3 nitrogen and oxygen atoms in total. The fraction of sp³-hybridized carbons (Fsp3) is 0.733. The number of halogens is 1. The van der Waals surface area contributed by atoms with Gasteiger partial charge in [-0.05, 0) is 43.9 Å². The number of ether oxygens (including phenoxy) is 1. The molecule has 1 N–H and O–H groups in total. The van der Waals surface area contributed by atoms with E-state index < -0.39 is 0 Å². The molecule has 3 unspecified atom stereocenters. The van der Waals surface area contributed by atoms with Gasteiger partial charge in [-0.1, -0.05) is 11.6 Å². The Kier molecular flexibility index (Phi) is 3.77. The minimum Gasteiger partial charge on any atom is -0.374 e. The second kappa shape index (κ2) is 5.58. The number of nitrogens with zero attached hydrogens (tertiary/aromatic N) is 1. The molecule has 0 aromatic carbocycles. The molecule has 2 fully saturated rings. The topological polar surface area (TPSA) is 24.5 Å². The van der Waals surface area contributed by atoms with Crippen LogP contribution in [0, 0.1) is 0 Å². The predicted molar refractivity (Wildman–Crippen MR) is 82.7 cm³/mol. The highest BCUT2D eigenvalue weighted by Gasteiger charge is 2.33. The van der Waals surface area contributed by atoms with Crippen molar-refractivity contribution in [1.82, 2.24) is 10.2 Å². The lowest BCUT2D eigenvalue weighted by Crippen LogP contribution is -2.49. The molecule has 3 atom stereocenters. The molecule has 3 heterocycles. The van der Waals surface area contributed by atoms with Gasteiger partial charge in [0.15, 0.2) is 0 Å². The van der Waals surface area contributed by atoms with Gasteiger partial charge >= 0.3 is 0 Å². The third-order valence-electron chi connectivity index (χ3n) is 4.90. The molecule has 5 heteroatoms. The summed E-state index contributed by atoms with van der Waals surface area (Å²) in [4.78, 5) is 4.08. The van der Waals surface area contributed by atoms with Crippen LogP contribution in [-0.4, -0.2) is 43.3 Å². The Hall–Kier alpha value is -0.130. The molecule has 2 saturated heterocycles. The number of aryl methyl sites for hydroxylation is 1. The molecule has 1 aromatic rings. The number of thiophene rings is 1. The Labute approximate surface area is 129 Å². The SMILES string of the molecule is Clc1cc2c(s1)CCC2NCC1CN2CCCC2CO1. The van der Waals surface area contributed by atoms with Crippen LogP contribution < -0.4 is 5.32 Å². The van der Waals surface area contributed by atoms with Gasteiger partial charge in [0, 0.05) is 30.1 Å². The molecule has 2 aliphatic heterocycles. The van der Waals surface area contributed by atoms with Crippen LogP contribution in [0.1, 0.15) is 35.7 Å². The van der Waals surface area contributed by atoms with Crippen LogP contribution in [0.2, 0.25) is 4.34 Å². The van der Waals surface area contributed by atoms with Gasteiger partial charge in [-0.25, -0.2) is 0 Å². The van der Waals surface area contributed by atoms with Crippen molar-refractivity contribution in [3.63, 3.8) is 0 Å². The van der Waals surface area contributed by atoms with Gasteiger partial charge in [0.25, 0.3) is 0 Å². The van der Waals surface area contributed by atoms with E-state index in [0.29, 0.717) is 18.2 Å². The molecule has 0 amide bonds. The lowest BCUT2D eigenvalue weighted by Gasteiger charge is -2.35. The summed E-state index contributed by atoms with van der Waals surface area (Å²) in [5.41, 5.74) is 1.43. The standard InChI is InChI=1S/C15H21ClN2OS/c16-15-6-12-13(3-4-14(12)20-15)17-7-11-8-18-5-1-2-10(18)9-19-11/h6,10-11,13,17H,1-5,7-9H2. The summed E-state index contributed by atoms with van der Waals surface area (Å²) < 4.78 is 6.94. The van der Waals surface area contributed by atoms with Crippen LogP contribution in [-0.2, 0) is 11.2 Å². The zero-order valence-corrected chi connectivity index (χ0v) is 13.2. The summed E-state index contributed by atoms with van der Waals surface area (Å²) in [6, 6.07) is 3.32. The van der Waals surface area contributed by atoms with Crippen LogP contribution >= 0.6 is 22.9 Å². The molecule has 0 radical (unpaired) electrons. The molecule has 1 aliphatic carbocycles. The van der Waals surface area contributed by atoms with E-state index in [0.717, 1.165) is 24.0 Å². The molecule has 0 bridgehead atoms. The predicted octanol–water partition coefficient (Wildman–Crippen LogP) is 2.84. The average molecular weight is 313 g/mol. The van der Waals surface area contributed by atoms with Gasteiger partial charge in [0.1, 0.15) is 0 Å². The Morgan fingerprint density at radius 1 is 1.45 bits per heavy atom. The van der Waals surface area contributed by atoms with Crippen LogP contribution in [0.15, 0.2) is 6.07 Å². The van der Waals surface area contributed by atoms with Crippen molar-refractivity contribution in [2.75, 3.05) is 26.2 Å². The van der Waals surface area contributed by atoms with Crippen molar-refractivity contribution in [3.8, 4) is 0 Å². The zero-order chi connectivity index (χ0) is 13.5. The lowest BCUT2D eigenvalue weighted by molar-refractivity contribution is -0.0478. The maximum Gasteiger partial charge on any atom is 0.0934 e. The fourth-order valence-corrected chi connectivity index (χ4v) is 5.18. The van der Waals surface area contributed by atoms with Crippen molar-refractivity contribution in [2.45, 2.75) is 43.9 Å². The molecule has 4 rings (SSSR count). The van der Waals surface area contributed by atoms with E-state index in [1.54, 1.807) is 11.3 Å². The van der Waals surface area contributed by atoms with Gasteiger partial charge in [-0.15, -0.1) is 11.3 Å².